The Morgan fingerprint density at radius 3 is 2.30 bits per heavy atom. The Morgan fingerprint density at radius 1 is 1.03 bits per heavy atom. The molecule has 0 bridgehead atoms. The molecule has 0 saturated carbocycles. The van der Waals surface area contributed by atoms with E-state index in [4.69, 9.17) is 4.74 Å². The number of nitrogens with zero attached hydrogens (tertiary/aromatic N) is 3. The minimum Gasteiger partial charge on any atom is -0.496 e. The van der Waals surface area contributed by atoms with Gasteiger partial charge in [-0.1, -0.05) is 18.2 Å². The second-order valence-corrected chi connectivity index (χ2v) is 9.62. The molecular weight excluding hydrogens is 402 g/mol. The molecule has 1 amide bonds. The number of aryl methyl sites for hydroxylation is 1. The number of anilines is 1. The molecule has 0 aliphatic carbocycles. The van der Waals surface area contributed by atoms with Crippen LogP contribution in [0.2, 0.25) is 0 Å². The molecule has 0 unspecified atom stereocenters. The summed E-state index contributed by atoms with van der Waals surface area (Å²) < 4.78 is 31.4. The van der Waals surface area contributed by atoms with E-state index in [-0.39, 0.29) is 10.8 Å². The molecule has 8 heteroatoms. The molecule has 1 saturated heterocycles. The van der Waals surface area contributed by atoms with E-state index in [1.54, 1.807) is 19.2 Å². The van der Waals surface area contributed by atoms with Crippen LogP contribution in [0.3, 0.4) is 0 Å². The van der Waals surface area contributed by atoms with Crippen LogP contribution in [0.1, 0.15) is 12.0 Å². The highest BCUT2D eigenvalue weighted by Crippen LogP contribution is 2.25. The van der Waals surface area contributed by atoms with Gasteiger partial charge in [0.1, 0.15) is 5.75 Å². The first-order chi connectivity index (χ1) is 14.3. The van der Waals surface area contributed by atoms with E-state index < -0.39 is 10.0 Å². The lowest BCUT2D eigenvalue weighted by molar-refractivity contribution is -0.131. The quantitative estimate of drug-likeness (QED) is 0.672. The lowest BCUT2D eigenvalue weighted by Gasteiger charge is -2.36. The molecule has 0 spiro atoms. The summed E-state index contributed by atoms with van der Waals surface area (Å²) >= 11 is 0. The number of ether oxygens (including phenoxy) is 1. The first kappa shape index (κ1) is 22.1. The Bertz CT molecular complexity index is 969. The molecular formula is C22H29N3O4S. The molecule has 3 rings (SSSR count). The number of amides is 1. The maximum atomic E-state index is 12.7. The third-order valence-corrected chi connectivity index (χ3v) is 7.20. The first-order valence-electron chi connectivity index (χ1n) is 10.00. The van der Waals surface area contributed by atoms with E-state index in [0.717, 1.165) is 18.7 Å². The van der Waals surface area contributed by atoms with Crippen molar-refractivity contribution in [2.75, 3.05) is 52.3 Å². The van der Waals surface area contributed by atoms with Crippen LogP contribution in [-0.4, -0.2) is 70.9 Å². The van der Waals surface area contributed by atoms with E-state index in [0.29, 0.717) is 31.7 Å². The molecule has 1 fully saturated rings. The summed E-state index contributed by atoms with van der Waals surface area (Å²) in [6.45, 7) is 2.96. The van der Waals surface area contributed by atoms with Gasteiger partial charge in [-0.3, -0.25) is 4.79 Å². The number of carbonyl (C=O) groups is 1. The number of sulfonamides is 1. The molecule has 0 aromatic heterocycles. The number of rotatable bonds is 7. The molecule has 0 N–H and O–H groups in total. The Morgan fingerprint density at radius 2 is 1.70 bits per heavy atom. The molecule has 162 valence electrons. The number of para-hydroxylation sites is 1. The summed E-state index contributed by atoms with van der Waals surface area (Å²) in [4.78, 5) is 17.1. The second-order valence-electron chi connectivity index (χ2n) is 7.46. The Labute approximate surface area is 178 Å². The predicted molar refractivity (Wildman–Crippen MR) is 117 cm³/mol. The average molecular weight is 432 g/mol. The van der Waals surface area contributed by atoms with Gasteiger partial charge in [-0.2, -0.15) is 0 Å². The van der Waals surface area contributed by atoms with Crippen LogP contribution < -0.4 is 9.64 Å². The summed E-state index contributed by atoms with van der Waals surface area (Å²) in [5, 5.41) is 0. The topological polar surface area (TPSA) is 70.2 Å². The zero-order valence-corrected chi connectivity index (χ0v) is 18.6. The van der Waals surface area contributed by atoms with Crippen LogP contribution >= 0.6 is 0 Å². The van der Waals surface area contributed by atoms with E-state index in [9.17, 15) is 13.2 Å². The van der Waals surface area contributed by atoms with Crippen molar-refractivity contribution in [3.05, 3.63) is 54.1 Å². The highest BCUT2D eigenvalue weighted by molar-refractivity contribution is 7.89. The summed E-state index contributed by atoms with van der Waals surface area (Å²) in [7, 11) is 1.00. The van der Waals surface area contributed by atoms with Crippen molar-refractivity contribution >= 4 is 21.6 Å². The molecule has 30 heavy (non-hydrogen) atoms. The smallest absolute Gasteiger partial charge is 0.242 e. The minimum atomic E-state index is -3.54. The number of methoxy groups -OCH3 is 1. The van der Waals surface area contributed by atoms with Gasteiger partial charge in [0.25, 0.3) is 0 Å². The Kier molecular flexibility index (Phi) is 6.99. The van der Waals surface area contributed by atoms with Crippen molar-refractivity contribution in [2.45, 2.75) is 17.7 Å². The van der Waals surface area contributed by atoms with Crippen molar-refractivity contribution in [1.29, 1.82) is 0 Å². The van der Waals surface area contributed by atoms with Gasteiger partial charge >= 0.3 is 0 Å². The van der Waals surface area contributed by atoms with E-state index in [1.165, 1.54) is 30.2 Å². The number of hydrogen-bond acceptors (Lipinski definition) is 5. The SMILES string of the molecule is COc1ccc(S(=O)(=O)N(C)C)cc1CCC(=O)N1CCN(c2ccccc2)CC1. The lowest BCUT2D eigenvalue weighted by atomic mass is 10.1. The summed E-state index contributed by atoms with van der Waals surface area (Å²) in [5.74, 6) is 0.667. The minimum absolute atomic E-state index is 0.0747. The number of piperazine rings is 1. The largest absolute Gasteiger partial charge is 0.496 e. The Balaban J connectivity index is 1.62. The number of carbonyl (C=O) groups excluding carboxylic acids is 1. The third kappa shape index (κ3) is 4.94. The fourth-order valence-electron chi connectivity index (χ4n) is 3.57. The summed E-state index contributed by atoms with van der Waals surface area (Å²) in [5.41, 5.74) is 1.89. The van der Waals surface area contributed by atoms with Gasteiger partial charge in [0.15, 0.2) is 0 Å². The van der Waals surface area contributed by atoms with Gasteiger partial charge in [0, 0.05) is 52.4 Å². The zero-order valence-electron chi connectivity index (χ0n) is 17.7. The molecule has 2 aromatic carbocycles. The van der Waals surface area contributed by atoms with Crippen molar-refractivity contribution in [3.63, 3.8) is 0 Å². The van der Waals surface area contributed by atoms with Gasteiger partial charge in [0.2, 0.25) is 15.9 Å². The molecule has 2 aromatic rings. The molecule has 1 heterocycles. The van der Waals surface area contributed by atoms with Crippen LogP contribution in [0.5, 0.6) is 5.75 Å². The third-order valence-electron chi connectivity index (χ3n) is 5.39. The van der Waals surface area contributed by atoms with Gasteiger partial charge in [-0.05, 0) is 42.3 Å². The second kappa shape index (κ2) is 9.49. The normalized spacial score (nSPS) is 14.8. The fourth-order valence-corrected chi connectivity index (χ4v) is 4.53. The van der Waals surface area contributed by atoms with Gasteiger partial charge in [-0.15, -0.1) is 0 Å². The van der Waals surface area contributed by atoms with Crippen molar-refractivity contribution in [2.24, 2.45) is 0 Å². The van der Waals surface area contributed by atoms with Crippen molar-refractivity contribution in [3.8, 4) is 5.75 Å². The van der Waals surface area contributed by atoms with Crippen LogP contribution in [0.4, 0.5) is 5.69 Å². The van der Waals surface area contributed by atoms with E-state index >= 15 is 0 Å². The highest BCUT2D eigenvalue weighted by Gasteiger charge is 2.23. The van der Waals surface area contributed by atoms with Gasteiger partial charge in [0.05, 0.1) is 12.0 Å². The zero-order chi connectivity index (χ0) is 21.7. The van der Waals surface area contributed by atoms with Crippen LogP contribution in [0.25, 0.3) is 0 Å². The molecule has 1 aliphatic heterocycles. The molecule has 1 aliphatic rings. The van der Waals surface area contributed by atoms with Crippen molar-refractivity contribution in [1.82, 2.24) is 9.21 Å². The molecule has 0 radical (unpaired) electrons. The van der Waals surface area contributed by atoms with Crippen molar-refractivity contribution < 1.29 is 17.9 Å². The van der Waals surface area contributed by atoms with Gasteiger partial charge < -0.3 is 14.5 Å². The van der Waals surface area contributed by atoms with Crippen LogP contribution in [0, 0.1) is 0 Å². The standard InChI is InChI=1S/C22H29N3O4S/c1-23(2)30(27,28)20-10-11-21(29-3)18(17-20)9-12-22(26)25-15-13-24(14-16-25)19-7-5-4-6-8-19/h4-8,10-11,17H,9,12-16H2,1-3H3. The first-order valence-corrected chi connectivity index (χ1v) is 11.4. The lowest BCUT2D eigenvalue weighted by Crippen LogP contribution is -2.48. The summed E-state index contributed by atoms with van der Waals surface area (Å²) in [6, 6.07) is 15.0. The summed E-state index contributed by atoms with van der Waals surface area (Å²) in [6.07, 6.45) is 0.741. The number of hydrogen-bond donors (Lipinski definition) is 0. The maximum absolute atomic E-state index is 12.7. The Hall–Kier alpha value is -2.58. The average Bonchev–Trinajstić information content (AvgIpc) is 2.77. The fraction of sp³-hybridized carbons (Fsp3) is 0.409. The number of benzene rings is 2. The highest BCUT2D eigenvalue weighted by atomic mass is 32.2. The van der Waals surface area contributed by atoms with Crippen LogP contribution in [-0.2, 0) is 21.2 Å². The molecule has 7 nitrogen and oxygen atoms in total. The van der Waals surface area contributed by atoms with E-state index in [2.05, 4.69) is 17.0 Å². The molecule has 0 atom stereocenters. The van der Waals surface area contributed by atoms with E-state index in [1.807, 2.05) is 23.1 Å². The predicted octanol–water partition coefficient (Wildman–Crippen LogP) is 2.23. The monoisotopic (exact) mass is 431 g/mol. The van der Waals surface area contributed by atoms with Gasteiger partial charge in [-0.25, -0.2) is 12.7 Å². The van der Waals surface area contributed by atoms with Crippen LogP contribution in [0.15, 0.2) is 53.4 Å². The maximum Gasteiger partial charge on any atom is 0.242 e.